The first-order chi connectivity index (χ1) is 13.9. The zero-order valence-electron chi connectivity index (χ0n) is 19.2. The van der Waals surface area contributed by atoms with Crippen molar-refractivity contribution in [3.8, 4) is 0 Å². The average Bonchev–Trinajstić information content (AvgIpc) is 3.15. The molecular weight excluding hydrogens is 356 g/mol. The summed E-state index contributed by atoms with van der Waals surface area (Å²) in [4.78, 5) is 0. The number of fused-ring (bicyclic) bond motifs is 7. The summed E-state index contributed by atoms with van der Waals surface area (Å²) in [6.07, 6.45) is 17.6. The van der Waals surface area contributed by atoms with Crippen molar-refractivity contribution in [3.05, 3.63) is 12.2 Å². The van der Waals surface area contributed by atoms with Crippen LogP contribution in [0.1, 0.15) is 85.5 Å². The van der Waals surface area contributed by atoms with Crippen molar-refractivity contribution in [1.82, 2.24) is 0 Å². The molecule has 3 saturated carbocycles. The van der Waals surface area contributed by atoms with Gasteiger partial charge in [0.25, 0.3) is 0 Å². The van der Waals surface area contributed by atoms with Gasteiger partial charge in [0.15, 0.2) is 5.79 Å². The summed E-state index contributed by atoms with van der Waals surface area (Å²) < 4.78 is 13.4. The van der Waals surface area contributed by atoms with Gasteiger partial charge in [0, 0.05) is 12.3 Å². The van der Waals surface area contributed by atoms with E-state index in [1.54, 1.807) is 0 Å². The van der Waals surface area contributed by atoms with Crippen molar-refractivity contribution in [2.24, 2.45) is 52.3 Å². The van der Waals surface area contributed by atoms with Crippen LogP contribution in [-0.2, 0) is 9.47 Å². The maximum atomic E-state index is 6.91. The van der Waals surface area contributed by atoms with Crippen molar-refractivity contribution < 1.29 is 9.47 Å². The predicted octanol–water partition coefficient (Wildman–Crippen LogP) is 6.60. The molecule has 5 fully saturated rings. The van der Waals surface area contributed by atoms with Crippen LogP contribution < -0.4 is 0 Å². The first-order valence-electron chi connectivity index (χ1n) is 12.8. The van der Waals surface area contributed by atoms with Gasteiger partial charge in [-0.2, -0.15) is 0 Å². The Bertz CT molecular complexity index is 691. The van der Waals surface area contributed by atoms with E-state index >= 15 is 0 Å². The van der Waals surface area contributed by atoms with Gasteiger partial charge in [-0.25, -0.2) is 0 Å². The van der Waals surface area contributed by atoms with E-state index in [2.05, 4.69) is 39.8 Å². The molecule has 0 N–H and O–H groups in total. The van der Waals surface area contributed by atoms with Gasteiger partial charge < -0.3 is 9.47 Å². The van der Waals surface area contributed by atoms with E-state index in [0.29, 0.717) is 34.7 Å². The molecule has 2 heteroatoms. The van der Waals surface area contributed by atoms with E-state index < -0.39 is 0 Å². The molecule has 0 radical (unpaired) electrons. The molecule has 4 aliphatic carbocycles. The molecule has 0 amide bonds. The molecule has 0 aromatic heterocycles. The van der Waals surface area contributed by atoms with E-state index in [1.165, 1.54) is 51.4 Å². The Balaban J connectivity index is 1.28. The SMILES string of the molecule is C[C@@H]1CC[C@@]2(OC1)O[C@H]1C[C@H]3C4CC[C@H]5CC=CC[C@]5(C)[C@H]4CC[C@]3(C)[C@H]1[C@@H]2C. The number of hydrogen-bond acceptors (Lipinski definition) is 2. The van der Waals surface area contributed by atoms with Crippen LogP contribution in [0.5, 0.6) is 0 Å². The number of rotatable bonds is 0. The third-order valence-electron chi connectivity index (χ3n) is 11.5. The third-order valence-corrected chi connectivity index (χ3v) is 11.5. The van der Waals surface area contributed by atoms with Gasteiger partial charge in [0.1, 0.15) is 0 Å². The summed E-state index contributed by atoms with van der Waals surface area (Å²) in [5.41, 5.74) is 1.03. The van der Waals surface area contributed by atoms with Crippen LogP contribution in [0.2, 0.25) is 0 Å². The van der Waals surface area contributed by atoms with Gasteiger partial charge in [-0.15, -0.1) is 0 Å². The molecular formula is C27H42O2. The topological polar surface area (TPSA) is 18.5 Å². The van der Waals surface area contributed by atoms with Crippen LogP contribution in [-0.4, -0.2) is 18.5 Å². The Labute approximate surface area is 178 Å². The zero-order valence-corrected chi connectivity index (χ0v) is 19.2. The van der Waals surface area contributed by atoms with E-state index in [-0.39, 0.29) is 5.79 Å². The van der Waals surface area contributed by atoms with Crippen LogP contribution in [0.15, 0.2) is 12.2 Å². The van der Waals surface area contributed by atoms with Crippen LogP contribution in [0, 0.1) is 52.3 Å². The molecule has 0 aromatic carbocycles. The molecule has 29 heavy (non-hydrogen) atoms. The zero-order chi connectivity index (χ0) is 20.0. The fourth-order valence-electron chi connectivity index (χ4n) is 9.86. The second-order valence-corrected chi connectivity index (χ2v) is 12.6. The lowest BCUT2D eigenvalue weighted by atomic mass is 9.45. The molecule has 2 aliphatic heterocycles. The molecule has 1 spiro atoms. The summed E-state index contributed by atoms with van der Waals surface area (Å²) in [7, 11) is 0. The molecule has 6 rings (SSSR count). The van der Waals surface area contributed by atoms with E-state index in [9.17, 15) is 0 Å². The Kier molecular flexibility index (Phi) is 4.23. The molecule has 0 aromatic rings. The van der Waals surface area contributed by atoms with Crippen molar-refractivity contribution in [2.45, 2.75) is 97.4 Å². The molecule has 6 aliphatic rings. The van der Waals surface area contributed by atoms with E-state index in [1.807, 2.05) is 0 Å². The van der Waals surface area contributed by atoms with Gasteiger partial charge in [0.05, 0.1) is 12.7 Å². The average molecular weight is 399 g/mol. The summed E-state index contributed by atoms with van der Waals surface area (Å²) in [5, 5.41) is 0. The first kappa shape index (κ1) is 19.4. The molecule has 2 heterocycles. The highest BCUT2D eigenvalue weighted by atomic mass is 16.7. The lowest BCUT2D eigenvalue weighted by molar-refractivity contribution is -0.273. The Hall–Kier alpha value is -0.340. The second-order valence-electron chi connectivity index (χ2n) is 12.6. The van der Waals surface area contributed by atoms with Gasteiger partial charge in [-0.1, -0.05) is 39.8 Å². The molecule has 1 unspecified atom stereocenters. The normalized spacial score (nSPS) is 61.1. The molecule has 2 saturated heterocycles. The van der Waals surface area contributed by atoms with Crippen molar-refractivity contribution in [2.75, 3.05) is 6.61 Å². The van der Waals surface area contributed by atoms with E-state index in [4.69, 9.17) is 9.47 Å². The second kappa shape index (κ2) is 6.35. The molecule has 162 valence electrons. The smallest absolute Gasteiger partial charge is 0.171 e. The first-order valence-corrected chi connectivity index (χ1v) is 12.8. The number of ether oxygens (including phenoxy) is 2. The van der Waals surface area contributed by atoms with Gasteiger partial charge in [0.2, 0.25) is 0 Å². The summed E-state index contributed by atoms with van der Waals surface area (Å²) in [5.74, 6) is 5.39. The van der Waals surface area contributed by atoms with E-state index in [0.717, 1.165) is 36.7 Å². The van der Waals surface area contributed by atoms with Crippen LogP contribution in [0.4, 0.5) is 0 Å². The number of allylic oxidation sites excluding steroid dienone is 2. The maximum Gasteiger partial charge on any atom is 0.171 e. The Morgan fingerprint density at radius 3 is 2.55 bits per heavy atom. The standard InChI is InChI=1S/C27H42O2/c1-17-10-14-27(28-16-17)18(2)24-23(29-27)15-22-20-9-8-19-7-5-6-12-25(19,3)21(20)11-13-26(22,24)4/h5-6,17-24H,7-16H2,1-4H3/t17-,18+,19-,20?,21+,22+,23+,24+,25+,26+,27-/m1/s1. The van der Waals surface area contributed by atoms with Crippen molar-refractivity contribution in [1.29, 1.82) is 0 Å². The summed E-state index contributed by atoms with van der Waals surface area (Å²) in [6.45, 7) is 11.0. The molecule has 0 bridgehead atoms. The number of hydrogen-bond donors (Lipinski definition) is 0. The van der Waals surface area contributed by atoms with Crippen LogP contribution in [0.25, 0.3) is 0 Å². The largest absolute Gasteiger partial charge is 0.349 e. The third kappa shape index (κ3) is 2.48. The lowest BCUT2D eigenvalue weighted by Gasteiger charge is -2.60. The minimum atomic E-state index is -0.259. The fourth-order valence-corrected chi connectivity index (χ4v) is 9.86. The minimum Gasteiger partial charge on any atom is -0.349 e. The highest BCUT2D eigenvalue weighted by molar-refractivity contribution is 5.16. The van der Waals surface area contributed by atoms with Gasteiger partial charge in [-0.3, -0.25) is 0 Å². The molecule has 11 atom stereocenters. The van der Waals surface area contributed by atoms with Crippen molar-refractivity contribution >= 4 is 0 Å². The molecule has 2 nitrogen and oxygen atoms in total. The van der Waals surface area contributed by atoms with Crippen LogP contribution in [0.3, 0.4) is 0 Å². The summed E-state index contributed by atoms with van der Waals surface area (Å²) >= 11 is 0. The Morgan fingerprint density at radius 1 is 0.897 bits per heavy atom. The highest BCUT2D eigenvalue weighted by Crippen LogP contribution is 2.71. The highest BCUT2D eigenvalue weighted by Gasteiger charge is 2.68. The fraction of sp³-hybridized carbons (Fsp3) is 0.926. The summed E-state index contributed by atoms with van der Waals surface area (Å²) in [6, 6.07) is 0. The lowest BCUT2D eigenvalue weighted by Crippen LogP contribution is -2.53. The van der Waals surface area contributed by atoms with Gasteiger partial charge in [-0.05, 0) is 97.7 Å². The maximum absolute atomic E-state index is 6.91. The Morgan fingerprint density at radius 2 is 1.76 bits per heavy atom. The predicted molar refractivity (Wildman–Crippen MR) is 116 cm³/mol. The van der Waals surface area contributed by atoms with Crippen molar-refractivity contribution in [3.63, 3.8) is 0 Å². The quantitative estimate of drug-likeness (QED) is 0.428. The monoisotopic (exact) mass is 398 g/mol. The minimum absolute atomic E-state index is 0.259. The van der Waals surface area contributed by atoms with Crippen LogP contribution >= 0.6 is 0 Å². The van der Waals surface area contributed by atoms with Gasteiger partial charge >= 0.3 is 0 Å².